The Balaban J connectivity index is 2.88. The number of hydrogen-bond acceptors (Lipinski definition) is 3. The highest BCUT2D eigenvalue weighted by atomic mass is 16.5. The van der Waals surface area contributed by atoms with Crippen molar-refractivity contribution >= 4 is 11.9 Å². The number of aliphatic carboxylic acids is 1. The van der Waals surface area contributed by atoms with Crippen molar-refractivity contribution in [3.8, 4) is 0 Å². The smallest absolute Gasteiger partial charge is 0.334 e. The highest BCUT2D eigenvalue weighted by molar-refractivity contribution is 5.96. The number of rotatable bonds is 4. The summed E-state index contributed by atoms with van der Waals surface area (Å²) in [6, 6.07) is 9.13. The maximum Gasteiger partial charge on any atom is 0.334 e. The summed E-state index contributed by atoms with van der Waals surface area (Å²) in [5.74, 6) is -1.78. The third-order valence-electron chi connectivity index (χ3n) is 1.98. The topological polar surface area (TPSA) is 63.6 Å². The molecule has 0 aromatic heterocycles. The van der Waals surface area contributed by atoms with Gasteiger partial charge in [0, 0.05) is 18.1 Å². The lowest BCUT2D eigenvalue weighted by atomic mass is 10.1. The summed E-state index contributed by atoms with van der Waals surface area (Å²) in [6.07, 6.45) is 1.12. The molecule has 0 heterocycles. The summed E-state index contributed by atoms with van der Waals surface area (Å²) in [5, 5.41) is 8.62. The van der Waals surface area contributed by atoms with E-state index in [0.717, 1.165) is 11.6 Å². The standard InChI is InChI=1S/C12H12O4/c1-16-12(15)10(8-11(13)14)7-9-5-3-2-4-6-9/h2-6,8H,7H2,1H3,(H,13,14)/b10-8+. The highest BCUT2D eigenvalue weighted by Gasteiger charge is 2.11. The van der Waals surface area contributed by atoms with E-state index < -0.39 is 11.9 Å². The van der Waals surface area contributed by atoms with Crippen molar-refractivity contribution in [2.24, 2.45) is 0 Å². The molecule has 16 heavy (non-hydrogen) atoms. The van der Waals surface area contributed by atoms with Crippen LogP contribution in [0.5, 0.6) is 0 Å². The van der Waals surface area contributed by atoms with Gasteiger partial charge in [0.25, 0.3) is 0 Å². The maximum absolute atomic E-state index is 11.3. The van der Waals surface area contributed by atoms with Gasteiger partial charge in [-0.25, -0.2) is 9.59 Å². The van der Waals surface area contributed by atoms with Crippen LogP contribution in [0.3, 0.4) is 0 Å². The van der Waals surface area contributed by atoms with Crippen molar-refractivity contribution in [2.45, 2.75) is 6.42 Å². The van der Waals surface area contributed by atoms with Crippen LogP contribution in [0.2, 0.25) is 0 Å². The molecule has 0 saturated carbocycles. The van der Waals surface area contributed by atoms with Gasteiger partial charge in [0.2, 0.25) is 0 Å². The second-order valence-electron chi connectivity index (χ2n) is 3.16. The molecule has 0 aliphatic carbocycles. The summed E-state index contributed by atoms with van der Waals surface area (Å²) >= 11 is 0. The Kier molecular flexibility index (Phi) is 4.27. The molecule has 84 valence electrons. The molecule has 0 spiro atoms. The molecule has 1 N–H and O–H groups in total. The monoisotopic (exact) mass is 220 g/mol. The maximum atomic E-state index is 11.3. The molecule has 0 aliphatic rings. The van der Waals surface area contributed by atoms with Gasteiger partial charge in [-0.15, -0.1) is 0 Å². The minimum atomic E-state index is -1.16. The Morgan fingerprint density at radius 2 is 1.94 bits per heavy atom. The van der Waals surface area contributed by atoms with Gasteiger partial charge in [-0.2, -0.15) is 0 Å². The van der Waals surface area contributed by atoms with Crippen LogP contribution in [-0.4, -0.2) is 24.2 Å². The summed E-state index contributed by atoms with van der Waals surface area (Å²) < 4.78 is 4.51. The predicted molar refractivity (Wildman–Crippen MR) is 57.9 cm³/mol. The molecular formula is C12H12O4. The number of hydrogen-bond donors (Lipinski definition) is 1. The van der Waals surface area contributed by atoms with Crippen LogP contribution in [-0.2, 0) is 20.7 Å². The number of ether oxygens (including phenoxy) is 1. The van der Waals surface area contributed by atoms with Crippen LogP contribution < -0.4 is 0 Å². The molecule has 0 saturated heterocycles. The van der Waals surface area contributed by atoms with Crippen molar-refractivity contribution in [1.82, 2.24) is 0 Å². The van der Waals surface area contributed by atoms with Gasteiger partial charge >= 0.3 is 11.9 Å². The number of carboxylic acid groups (broad SMARTS) is 1. The SMILES string of the molecule is COC(=O)/C(=C/C(=O)O)Cc1ccccc1. The third kappa shape index (κ3) is 3.57. The van der Waals surface area contributed by atoms with E-state index in [1.807, 2.05) is 30.3 Å². The molecule has 4 heteroatoms. The minimum Gasteiger partial charge on any atom is -0.478 e. The van der Waals surface area contributed by atoms with Gasteiger partial charge in [-0.05, 0) is 5.56 Å². The van der Waals surface area contributed by atoms with Crippen LogP contribution in [0.4, 0.5) is 0 Å². The second-order valence-corrected chi connectivity index (χ2v) is 3.16. The highest BCUT2D eigenvalue weighted by Crippen LogP contribution is 2.09. The lowest BCUT2D eigenvalue weighted by Gasteiger charge is -2.04. The van der Waals surface area contributed by atoms with Gasteiger partial charge in [-0.1, -0.05) is 30.3 Å². The van der Waals surface area contributed by atoms with E-state index in [1.54, 1.807) is 0 Å². The van der Waals surface area contributed by atoms with Crippen LogP contribution in [0.15, 0.2) is 42.0 Å². The molecule has 0 radical (unpaired) electrons. The number of esters is 1. The van der Waals surface area contributed by atoms with Crippen molar-refractivity contribution in [3.05, 3.63) is 47.5 Å². The van der Waals surface area contributed by atoms with Crippen molar-refractivity contribution in [3.63, 3.8) is 0 Å². The van der Waals surface area contributed by atoms with Crippen molar-refractivity contribution in [1.29, 1.82) is 0 Å². The fourth-order valence-electron chi connectivity index (χ4n) is 1.28. The first-order valence-electron chi connectivity index (χ1n) is 4.69. The second kappa shape index (κ2) is 5.70. The summed E-state index contributed by atoms with van der Waals surface area (Å²) in [4.78, 5) is 21.8. The molecule has 1 rings (SSSR count). The lowest BCUT2D eigenvalue weighted by molar-refractivity contribution is -0.137. The first kappa shape index (κ1) is 12.0. The van der Waals surface area contributed by atoms with E-state index in [0.29, 0.717) is 0 Å². The van der Waals surface area contributed by atoms with E-state index in [-0.39, 0.29) is 12.0 Å². The molecule has 0 aliphatic heterocycles. The zero-order chi connectivity index (χ0) is 12.0. The van der Waals surface area contributed by atoms with Gasteiger partial charge in [-0.3, -0.25) is 0 Å². The molecular weight excluding hydrogens is 208 g/mol. The van der Waals surface area contributed by atoms with Crippen LogP contribution >= 0.6 is 0 Å². The van der Waals surface area contributed by atoms with E-state index in [2.05, 4.69) is 4.74 Å². The number of carbonyl (C=O) groups is 2. The first-order valence-corrected chi connectivity index (χ1v) is 4.69. The molecule has 4 nitrogen and oxygen atoms in total. The van der Waals surface area contributed by atoms with Gasteiger partial charge in [0.1, 0.15) is 0 Å². The van der Waals surface area contributed by atoms with Crippen molar-refractivity contribution in [2.75, 3.05) is 7.11 Å². The van der Waals surface area contributed by atoms with Gasteiger partial charge in [0.15, 0.2) is 0 Å². The predicted octanol–water partition coefficient (Wildman–Crippen LogP) is 1.41. The molecule has 1 aromatic carbocycles. The Morgan fingerprint density at radius 3 is 2.44 bits per heavy atom. The fraction of sp³-hybridized carbons (Fsp3) is 0.167. The number of methoxy groups -OCH3 is 1. The summed E-state index contributed by atoms with van der Waals surface area (Å²) in [6.45, 7) is 0. The lowest BCUT2D eigenvalue weighted by Crippen LogP contribution is -2.09. The molecule has 0 bridgehead atoms. The molecule has 0 unspecified atom stereocenters. The number of carboxylic acids is 1. The average Bonchev–Trinajstić information content (AvgIpc) is 2.28. The molecule has 0 fully saturated rings. The normalized spacial score (nSPS) is 10.9. The Bertz CT molecular complexity index is 406. The van der Waals surface area contributed by atoms with Crippen LogP contribution in [0, 0.1) is 0 Å². The van der Waals surface area contributed by atoms with E-state index in [9.17, 15) is 9.59 Å². The van der Waals surface area contributed by atoms with Crippen LogP contribution in [0.25, 0.3) is 0 Å². The molecule has 1 aromatic rings. The number of benzene rings is 1. The van der Waals surface area contributed by atoms with Gasteiger partial charge < -0.3 is 9.84 Å². The first-order chi connectivity index (χ1) is 7.63. The van der Waals surface area contributed by atoms with E-state index in [1.165, 1.54) is 7.11 Å². The summed E-state index contributed by atoms with van der Waals surface area (Å²) in [5.41, 5.74) is 0.988. The van der Waals surface area contributed by atoms with Crippen LogP contribution in [0.1, 0.15) is 5.56 Å². The largest absolute Gasteiger partial charge is 0.478 e. The number of carbonyl (C=O) groups excluding carboxylic acids is 1. The molecule has 0 amide bonds. The molecule has 0 atom stereocenters. The Morgan fingerprint density at radius 1 is 1.31 bits per heavy atom. The fourth-order valence-corrected chi connectivity index (χ4v) is 1.28. The quantitative estimate of drug-likeness (QED) is 0.615. The summed E-state index contributed by atoms with van der Waals surface area (Å²) in [7, 11) is 1.23. The average molecular weight is 220 g/mol. The van der Waals surface area contributed by atoms with Gasteiger partial charge in [0.05, 0.1) is 7.11 Å². The Labute approximate surface area is 93.2 Å². The zero-order valence-corrected chi connectivity index (χ0v) is 8.84. The Hall–Kier alpha value is -2.10. The zero-order valence-electron chi connectivity index (χ0n) is 8.84. The van der Waals surface area contributed by atoms with Crippen molar-refractivity contribution < 1.29 is 19.4 Å². The van der Waals surface area contributed by atoms with E-state index >= 15 is 0 Å². The third-order valence-corrected chi connectivity index (χ3v) is 1.98. The van der Waals surface area contributed by atoms with E-state index in [4.69, 9.17) is 5.11 Å². The minimum absolute atomic E-state index is 0.126.